The van der Waals surface area contributed by atoms with E-state index < -0.39 is 0 Å². The fraction of sp³-hybridized carbons (Fsp3) is 0.471. The second-order valence-corrected chi connectivity index (χ2v) is 6.69. The van der Waals surface area contributed by atoms with Gasteiger partial charge in [0, 0.05) is 10.4 Å². The zero-order valence-electron chi connectivity index (χ0n) is 11.1. The molecule has 0 N–H and O–H groups in total. The molecule has 0 saturated heterocycles. The van der Waals surface area contributed by atoms with Crippen molar-refractivity contribution < 1.29 is 4.79 Å². The van der Waals surface area contributed by atoms with E-state index >= 15 is 0 Å². The summed E-state index contributed by atoms with van der Waals surface area (Å²) in [6, 6.07) is 8.17. The topological polar surface area (TPSA) is 17.1 Å². The van der Waals surface area contributed by atoms with E-state index in [9.17, 15) is 4.79 Å². The molecule has 2 heteroatoms. The molecular formula is C17H19BrO. The van der Waals surface area contributed by atoms with Crippen molar-refractivity contribution in [3.05, 3.63) is 39.9 Å². The average molecular weight is 319 g/mol. The summed E-state index contributed by atoms with van der Waals surface area (Å²) in [6.07, 6.45) is 9.29. The van der Waals surface area contributed by atoms with Gasteiger partial charge in [-0.15, -0.1) is 0 Å². The lowest BCUT2D eigenvalue weighted by Gasteiger charge is -2.15. The van der Waals surface area contributed by atoms with Gasteiger partial charge in [0.15, 0.2) is 5.78 Å². The molecule has 0 radical (unpaired) electrons. The Morgan fingerprint density at radius 3 is 2.68 bits per heavy atom. The SMILES string of the molecule is O=C1/C(=C/c2cccc(Br)c2)CC[C@H]1C1CCCC1. The Morgan fingerprint density at radius 2 is 1.95 bits per heavy atom. The fourth-order valence-corrected chi connectivity index (χ4v) is 3.97. The Kier molecular flexibility index (Phi) is 3.88. The first-order chi connectivity index (χ1) is 9.24. The highest BCUT2D eigenvalue weighted by Crippen LogP contribution is 2.40. The molecule has 1 aromatic carbocycles. The number of hydrogen-bond acceptors (Lipinski definition) is 1. The third kappa shape index (κ3) is 2.84. The minimum absolute atomic E-state index is 0.320. The van der Waals surface area contributed by atoms with Gasteiger partial charge in [-0.3, -0.25) is 4.79 Å². The summed E-state index contributed by atoms with van der Waals surface area (Å²) in [5.74, 6) is 1.41. The second-order valence-electron chi connectivity index (χ2n) is 5.78. The lowest BCUT2D eigenvalue weighted by molar-refractivity contribution is -0.119. The normalized spacial score (nSPS) is 26.5. The van der Waals surface area contributed by atoms with Crippen LogP contribution >= 0.6 is 15.9 Å². The molecular weight excluding hydrogens is 300 g/mol. The van der Waals surface area contributed by atoms with Crippen LogP contribution in [0.15, 0.2) is 34.3 Å². The van der Waals surface area contributed by atoms with Gasteiger partial charge in [-0.1, -0.05) is 40.9 Å². The molecule has 1 atom stereocenters. The Morgan fingerprint density at radius 1 is 1.16 bits per heavy atom. The van der Waals surface area contributed by atoms with E-state index in [0.29, 0.717) is 17.6 Å². The van der Waals surface area contributed by atoms with Gasteiger partial charge >= 0.3 is 0 Å². The summed E-state index contributed by atoms with van der Waals surface area (Å²) in [5, 5.41) is 0. The third-order valence-corrected chi connectivity index (χ3v) is 5.03. The van der Waals surface area contributed by atoms with Crippen LogP contribution in [0.4, 0.5) is 0 Å². The molecule has 0 amide bonds. The first-order valence-electron chi connectivity index (χ1n) is 7.24. The molecule has 0 unspecified atom stereocenters. The minimum Gasteiger partial charge on any atom is -0.294 e. The number of allylic oxidation sites excluding steroid dienone is 1. The van der Waals surface area contributed by atoms with Gasteiger partial charge in [-0.05, 0) is 60.9 Å². The highest BCUT2D eigenvalue weighted by atomic mass is 79.9. The Labute approximate surface area is 123 Å². The number of hydrogen-bond donors (Lipinski definition) is 0. The molecule has 2 aliphatic carbocycles. The maximum Gasteiger partial charge on any atom is 0.162 e. The zero-order valence-corrected chi connectivity index (χ0v) is 12.7. The highest BCUT2D eigenvalue weighted by molar-refractivity contribution is 9.10. The van der Waals surface area contributed by atoms with Crippen molar-refractivity contribution in [2.24, 2.45) is 11.8 Å². The second kappa shape index (κ2) is 5.62. The summed E-state index contributed by atoms with van der Waals surface area (Å²) in [5.41, 5.74) is 2.17. The zero-order chi connectivity index (χ0) is 13.2. The standard InChI is InChI=1S/C17H19BrO/c18-15-7-3-4-12(11-15)10-14-8-9-16(17(14)19)13-5-1-2-6-13/h3-4,7,10-11,13,16H,1-2,5-6,8-9H2/b14-10+/t16-/m0/s1. The van der Waals surface area contributed by atoms with Gasteiger partial charge in [0.1, 0.15) is 0 Å². The van der Waals surface area contributed by atoms with Crippen molar-refractivity contribution in [2.45, 2.75) is 38.5 Å². The van der Waals surface area contributed by atoms with E-state index in [2.05, 4.69) is 34.1 Å². The maximum absolute atomic E-state index is 12.5. The van der Waals surface area contributed by atoms with E-state index in [1.165, 1.54) is 25.7 Å². The van der Waals surface area contributed by atoms with Gasteiger partial charge in [0.25, 0.3) is 0 Å². The Bertz CT molecular complexity index is 512. The van der Waals surface area contributed by atoms with Crippen molar-refractivity contribution in [3.8, 4) is 0 Å². The van der Waals surface area contributed by atoms with Crippen LogP contribution in [0.1, 0.15) is 44.1 Å². The molecule has 1 nitrogen and oxygen atoms in total. The number of carbonyl (C=O) groups excluding carboxylic acids is 1. The van der Waals surface area contributed by atoms with Crippen molar-refractivity contribution in [3.63, 3.8) is 0 Å². The first-order valence-corrected chi connectivity index (χ1v) is 8.04. The molecule has 1 aromatic rings. The molecule has 2 fully saturated rings. The van der Waals surface area contributed by atoms with Crippen LogP contribution in [-0.2, 0) is 4.79 Å². The summed E-state index contributed by atoms with van der Waals surface area (Å²) >= 11 is 3.48. The van der Waals surface area contributed by atoms with Crippen molar-refractivity contribution >= 4 is 27.8 Å². The average Bonchev–Trinajstić information content (AvgIpc) is 3.01. The number of benzene rings is 1. The van der Waals surface area contributed by atoms with Crippen molar-refractivity contribution in [1.82, 2.24) is 0 Å². The van der Waals surface area contributed by atoms with Crippen LogP contribution in [0.2, 0.25) is 0 Å². The minimum atomic E-state index is 0.320. The molecule has 2 saturated carbocycles. The number of halogens is 1. The van der Waals surface area contributed by atoms with Crippen LogP contribution in [0.25, 0.3) is 6.08 Å². The predicted octanol–water partition coefficient (Wildman–Crippen LogP) is 5.00. The molecule has 0 heterocycles. The Hall–Kier alpha value is -0.890. The third-order valence-electron chi connectivity index (χ3n) is 4.54. The molecule has 3 rings (SSSR count). The lowest BCUT2D eigenvalue weighted by Crippen LogP contribution is -2.16. The summed E-state index contributed by atoms with van der Waals surface area (Å²) in [4.78, 5) is 12.5. The van der Waals surface area contributed by atoms with Gasteiger partial charge in [0.2, 0.25) is 0 Å². The van der Waals surface area contributed by atoms with Gasteiger partial charge in [-0.2, -0.15) is 0 Å². The summed E-state index contributed by atoms with van der Waals surface area (Å²) < 4.78 is 1.07. The Balaban J connectivity index is 1.77. The van der Waals surface area contributed by atoms with Gasteiger partial charge in [-0.25, -0.2) is 0 Å². The van der Waals surface area contributed by atoms with Gasteiger partial charge in [0.05, 0.1) is 0 Å². The lowest BCUT2D eigenvalue weighted by atomic mass is 9.88. The molecule has 0 bridgehead atoms. The van der Waals surface area contributed by atoms with Crippen LogP contribution in [0.5, 0.6) is 0 Å². The molecule has 0 aromatic heterocycles. The summed E-state index contributed by atoms with van der Waals surface area (Å²) in [6.45, 7) is 0. The number of carbonyl (C=O) groups is 1. The van der Waals surface area contributed by atoms with Gasteiger partial charge < -0.3 is 0 Å². The number of rotatable bonds is 2. The first kappa shape index (κ1) is 13.1. The fourth-order valence-electron chi connectivity index (χ4n) is 3.55. The van der Waals surface area contributed by atoms with Crippen molar-refractivity contribution in [2.75, 3.05) is 0 Å². The molecule has 0 spiro atoms. The molecule has 2 aliphatic rings. The van der Waals surface area contributed by atoms with Crippen LogP contribution in [0.3, 0.4) is 0 Å². The summed E-state index contributed by atoms with van der Waals surface area (Å²) in [7, 11) is 0. The van der Waals surface area contributed by atoms with E-state index in [-0.39, 0.29) is 0 Å². The monoisotopic (exact) mass is 318 g/mol. The number of ketones is 1. The quantitative estimate of drug-likeness (QED) is 0.701. The maximum atomic E-state index is 12.5. The van der Waals surface area contributed by atoms with Crippen LogP contribution in [-0.4, -0.2) is 5.78 Å². The van der Waals surface area contributed by atoms with E-state index in [0.717, 1.165) is 28.5 Å². The van der Waals surface area contributed by atoms with E-state index in [4.69, 9.17) is 0 Å². The van der Waals surface area contributed by atoms with E-state index in [1.54, 1.807) is 0 Å². The largest absolute Gasteiger partial charge is 0.294 e. The molecule has 19 heavy (non-hydrogen) atoms. The molecule has 0 aliphatic heterocycles. The van der Waals surface area contributed by atoms with Crippen molar-refractivity contribution in [1.29, 1.82) is 0 Å². The predicted molar refractivity (Wildman–Crippen MR) is 81.8 cm³/mol. The highest BCUT2D eigenvalue weighted by Gasteiger charge is 2.36. The van der Waals surface area contributed by atoms with E-state index in [1.807, 2.05) is 12.1 Å². The number of Topliss-reactive ketones (excluding diaryl/α,β-unsaturated/α-hetero) is 1. The van der Waals surface area contributed by atoms with Crippen LogP contribution < -0.4 is 0 Å². The van der Waals surface area contributed by atoms with Crippen LogP contribution in [0, 0.1) is 11.8 Å². The molecule has 100 valence electrons. The smallest absolute Gasteiger partial charge is 0.162 e.